The summed E-state index contributed by atoms with van der Waals surface area (Å²) in [5.41, 5.74) is 3.87. The third-order valence-electron chi connectivity index (χ3n) is 6.02. The Labute approximate surface area is 210 Å². The van der Waals surface area contributed by atoms with Gasteiger partial charge in [0.05, 0.1) is 10.7 Å². The Kier molecular flexibility index (Phi) is 7.53. The number of amides is 1. The van der Waals surface area contributed by atoms with Gasteiger partial charge >= 0.3 is 6.36 Å². The molecule has 1 unspecified atom stereocenters. The summed E-state index contributed by atoms with van der Waals surface area (Å²) in [6.45, 7) is 2.25. The van der Waals surface area contributed by atoms with Crippen LogP contribution in [0.4, 0.5) is 18.9 Å². The smallest absolute Gasteiger partial charge is 0.406 e. The lowest BCUT2D eigenvalue weighted by molar-refractivity contribution is -0.274. The third-order valence-corrected chi connectivity index (χ3v) is 6.24. The highest BCUT2D eigenvalue weighted by atomic mass is 35.5. The van der Waals surface area contributed by atoms with Gasteiger partial charge in [0, 0.05) is 36.3 Å². The van der Waals surface area contributed by atoms with E-state index in [0.29, 0.717) is 47.1 Å². The molecule has 1 aliphatic rings. The number of hydrogen-bond donors (Lipinski definition) is 3. The molecule has 1 amide bonds. The van der Waals surface area contributed by atoms with E-state index in [1.54, 1.807) is 22.7 Å². The Morgan fingerprint density at radius 3 is 2.69 bits per heavy atom. The molecule has 2 heterocycles. The Morgan fingerprint density at radius 2 is 2.03 bits per heavy atom. The molecule has 3 aromatic rings. The molecule has 1 aromatic carbocycles. The first-order valence-electron chi connectivity index (χ1n) is 11.5. The summed E-state index contributed by atoms with van der Waals surface area (Å²) in [4.78, 5) is 17.7. The number of allylic oxidation sites excluding steroid dienone is 1. The number of carbonyl (C=O) groups excluding carboxylic acids is 1. The number of nitrogens with one attached hydrogen (secondary N) is 3. The van der Waals surface area contributed by atoms with Gasteiger partial charge in [-0.1, -0.05) is 18.5 Å². The van der Waals surface area contributed by atoms with Crippen molar-refractivity contribution >= 4 is 35.1 Å². The van der Waals surface area contributed by atoms with Gasteiger partial charge < -0.3 is 20.8 Å². The molecule has 3 N–H and O–H groups in total. The van der Waals surface area contributed by atoms with E-state index in [-0.39, 0.29) is 17.6 Å². The minimum atomic E-state index is -4.75. The predicted octanol–water partition coefficient (Wildman–Crippen LogP) is 5.99. The van der Waals surface area contributed by atoms with Crippen LogP contribution in [0.2, 0.25) is 5.02 Å². The molecule has 7 nitrogen and oxygen atoms in total. The molecule has 190 valence electrons. The Hall–Kier alpha value is -3.53. The highest BCUT2D eigenvalue weighted by Crippen LogP contribution is 2.31. The zero-order valence-electron chi connectivity index (χ0n) is 19.5. The number of imidazole rings is 1. The Balaban J connectivity index is 1.48. The first-order chi connectivity index (χ1) is 17.2. The van der Waals surface area contributed by atoms with Gasteiger partial charge in [0.15, 0.2) is 0 Å². The van der Waals surface area contributed by atoms with Crippen LogP contribution in [0.3, 0.4) is 0 Å². The fourth-order valence-corrected chi connectivity index (χ4v) is 4.55. The number of hydrogen-bond acceptors (Lipinski definition) is 5. The van der Waals surface area contributed by atoms with Gasteiger partial charge in [-0.05, 0) is 67.7 Å². The number of aryl methyl sites for hydroxylation is 1. The molecule has 4 rings (SSSR count). The monoisotopic (exact) mass is 519 g/mol. The molecule has 1 aliphatic carbocycles. The number of aromatic nitrogens is 2. The first kappa shape index (κ1) is 25.6. The molecular formula is C25H25ClF3N5O2. The van der Waals surface area contributed by atoms with E-state index in [1.807, 2.05) is 6.92 Å². The molecule has 0 saturated heterocycles. The first-order valence-corrected chi connectivity index (χ1v) is 11.9. The molecule has 1 atom stereocenters. The maximum Gasteiger partial charge on any atom is 0.573 e. The molecule has 0 bridgehead atoms. The zero-order chi connectivity index (χ0) is 25.9. The normalized spacial score (nSPS) is 16.2. The van der Waals surface area contributed by atoms with E-state index in [1.165, 1.54) is 30.5 Å². The Morgan fingerprint density at radius 1 is 1.28 bits per heavy atom. The third kappa shape index (κ3) is 5.81. The topological polar surface area (TPSA) is 91.5 Å². The molecule has 36 heavy (non-hydrogen) atoms. The summed E-state index contributed by atoms with van der Waals surface area (Å²) < 4.78 is 42.8. The molecular weight excluding hydrogens is 495 g/mol. The van der Waals surface area contributed by atoms with Gasteiger partial charge in [-0.3, -0.25) is 9.20 Å². The predicted molar refractivity (Wildman–Crippen MR) is 132 cm³/mol. The molecule has 0 fully saturated rings. The summed E-state index contributed by atoms with van der Waals surface area (Å²) in [6.07, 6.45) is 1.06. The quantitative estimate of drug-likeness (QED) is 0.319. The average molecular weight is 520 g/mol. The van der Waals surface area contributed by atoms with Gasteiger partial charge in [-0.25, -0.2) is 4.98 Å². The van der Waals surface area contributed by atoms with Crippen molar-refractivity contribution in [1.82, 2.24) is 14.7 Å². The Bertz CT molecular complexity index is 1300. The summed E-state index contributed by atoms with van der Waals surface area (Å²) >= 11 is 6.13. The lowest BCUT2D eigenvalue weighted by Crippen LogP contribution is -2.33. The number of pyridine rings is 1. The van der Waals surface area contributed by atoms with Gasteiger partial charge in [0.25, 0.3) is 5.91 Å². The average Bonchev–Trinajstić information content (AvgIpc) is 3.20. The number of carbonyl (C=O) groups is 1. The van der Waals surface area contributed by atoms with Gasteiger partial charge in [-0.15, -0.1) is 13.2 Å². The van der Waals surface area contributed by atoms with E-state index in [2.05, 4.69) is 20.4 Å². The second-order valence-electron chi connectivity index (χ2n) is 8.41. The number of nitrogens with zero attached hydrogens (tertiary/aromatic N) is 2. The van der Waals surface area contributed by atoms with Crippen molar-refractivity contribution in [3.05, 3.63) is 70.3 Å². The maximum absolute atomic E-state index is 13.2. The van der Waals surface area contributed by atoms with Crippen LogP contribution in [0.5, 0.6) is 5.75 Å². The van der Waals surface area contributed by atoms with Crippen molar-refractivity contribution in [2.75, 3.05) is 11.9 Å². The van der Waals surface area contributed by atoms with Gasteiger partial charge in [0.2, 0.25) is 0 Å². The zero-order valence-corrected chi connectivity index (χ0v) is 20.2. The van der Waals surface area contributed by atoms with Crippen molar-refractivity contribution in [3.8, 4) is 5.75 Å². The largest absolute Gasteiger partial charge is 0.573 e. The fraction of sp³-hybridized carbons (Fsp3) is 0.320. The molecule has 2 aromatic heterocycles. The number of rotatable bonds is 8. The second kappa shape index (κ2) is 10.6. The highest BCUT2D eigenvalue weighted by Gasteiger charge is 2.31. The minimum Gasteiger partial charge on any atom is -0.406 e. The van der Waals surface area contributed by atoms with E-state index in [9.17, 15) is 18.0 Å². The number of ether oxygens (including phenoxy) is 1. The number of anilines is 1. The summed E-state index contributed by atoms with van der Waals surface area (Å²) in [5, 5.41) is 14.7. The summed E-state index contributed by atoms with van der Waals surface area (Å²) in [5.74, 6) is -0.673. The standard InChI is InChI=1S/C25H25ClF3N5O2/c1-2-20-23(34-14-16(26)6-11-22(34)33-20)24(35)31-13-15-4-3-5-21(19(15)12-30)32-17-7-9-18(10-8-17)36-25(27,28)29/h6-12,14-15,30,32H,2-5,13H2,1H3,(H,31,35). The summed E-state index contributed by atoms with van der Waals surface area (Å²) in [7, 11) is 0. The van der Waals surface area contributed by atoms with Crippen LogP contribution < -0.4 is 15.4 Å². The van der Waals surface area contributed by atoms with Crippen LogP contribution in [-0.2, 0) is 6.42 Å². The fourth-order valence-electron chi connectivity index (χ4n) is 4.39. The summed E-state index contributed by atoms with van der Waals surface area (Å²) in [6, 6.07) is 8.92. The minimum absolute atomic E-state index is 0.0941. The maximum atomic E-state index is 13.2. The van der Waals surface area contributed by atoms with Crippen molar-refractivity contribution < 1.29 is 22.7 Å². The molecule has 0 spiro atoms. The van der Waals surface area contributed by atoms with E-state index in [0.717, 1.165) is 24.1 Å². The van der Waals surface area contributed by atoms with Crippen LogP contribution in [0, 0.1) is 11.3 Å². The van der Waals surface area contributed by atoms with Crippen LogP contribution in [0.1, 0.15) is 42.4 Å². The van der Waals surface area contributed by atoms with Crippen LogP contribution in [0.15, 0.2) is 53.9 Å². The number of alkyl halides is 3. The van der Waals surface area contributed by atoms with Crippen molar-refractivity contribution in [3.63, 3.8) is 0 Å². The van der Waals surface area contributed by atoms with Crippen LogP contribution in [0.25, 0.3) is 5.65 Å². The number of halogens is 4. The van der Waals surface area contributed by atoms with Crippen molar-refractivity contribution in [2.45, 2.75) is 39.0 Å². The van der Waals surface area contributed by atoms with Crippen LogP contribution >= 0.6 is 11.6 Å². The SMILES string of the molecule is CCc1nc2ccc(Cl)cn2c1C(=O)NCC1CCCC(Nc2ccc(OC(F)(F)F)cc2)=C1C=N. The molecule has 0 saturated carbocycles. The van der Waals surface area contributed by atoms with Gasteiger partial charge in [-0.2, -0.15) is 0 Å². The van der Waals surface area contributed by atoms with Crippen LogP contribution in [-0.4, -0.2) is 34.4 Å². The number of fused-ring (bicyclic) bond motifs is 1. The van der Waals surface area contributed by atoms with E-state index >= 15 is 0 Å². The molecule has 11 heteroatoms. The second-order valence-corrected chi connectivity index (χ2v) is 8.85. The van der Waals surface area contributed by atoms with Crippen molar-refractivity contribution in [1.29, 1.82) is 5.41 Å². The van der Waals surface area contributed by atoms with E-state index < -0.39 is 6.36 Å². The lowest BCUT2D eigenvalue weighted by atomic mass is 9.85. The van der Waals surface area contributed by atoms with Crippen molar-refractivity contribution in [2.24, 2.45) is 5.92 Å². The molecule has 0 aliphatic heterocycles. The van der Waals surface area contributed by atoms with Gasteiger partial charge in [0.1, 0.15) is 17.1 Å². The highest BCUT2D eigenvalue weighted by molar-refractivity contribution is 6.30. The number of benzene rings is 1. The molecule has 0 radical (unpaired) electrons. The lowest BCUT2D eigenvalue weighted by Gasteiger charge is -2.27. The van der Waals surface area contributed by atoms with E-state index in [4.69, 9.17) is 17.0 Å².